The predicted octanol–water partition coefficient (Wildman–Crippen LogP) is 1.30. The molecule has 1 aliphatic rings. The SMILES string of the molecule is NC1CC(=O)N(c2cccc3ncccc23)C1. The van der Waals surface area contributed by atoms with Crippen molar-refractivity contribution in [3.8, 4) is 0 Å². The van der Waals surface area contributed by atoms with Gasteiger partial charge in [0.05, 0.1) is 11.2 Å². The van der Waals surface area contributed by atoms with Crippen molar-refractivity contribution in [2.45, 2.75) is 12.5 Å². The van der Waals surface area contributed by atoms with Crippen molar-refractivity contribution in [2.75, 3.05) is 11.4 Å². The van der Waals surface area contributed by atoms with E-state index < -0.39 is 0 Å². The second-order valence-corrected chi connectivity index (χ2v) is 4.32. The van der Waals surface area contributed by atoms with Gasteiger partial charge in [-0.2, -0.15) is 0 Å². The lowest BCUT2D eigenvalue weighted by molar-refractivity contribution is -0.117. The van der Waals surface area contributed by atoms with Gasteiger partial charge in [-0.1, -0.05) is 6.07 Å². The average molecular weight is 227 g/mol. The van der Waals surface area contributed by atoms with Crippen LogP contribution < -0.4 is 10.6 Å². The van der Waals surface area contributed by atoms with E-state index in [0.29, 0.717) is 13.0 Å². The Morgan fingerprint density at radius 3 is 2.94 bits per heavy atom. The molecule has 1 amide bonds. The molecule has 2 heterocycles. The van der Waals surface area contributed by atoms with Crippen molar-refractivity contribution >= 4 is 22.5 Å². The van der Waals surface area contributed by atoms with E-state index in [1.807, 2.05) is 30.3 Å². The van der Waals surface area contributed by atoms with E-state index in [1.165, 1.54) is 0 Å². The van der Waals surface area contributed by atoms with Gasteiger partial charge in [0, 0.05) is 30.6 Å². The number of nitrogens with two attached hydrogens (primary N) is 1. The topological polar surface area (TPSA) is 59.2 Å². The van der Waals surface area contributed by atoms with E-state index in [0.717, 1.165) is 16.6 Å². The molecule has 0 aliphatic carbocycles. The molecule has 1 atom stereocenters. The second kappa shape index (κ2) is 3.82. The quantitative estimate of drug-likeness (QED) is 0.798. The summed E-state index contributed by atoms with van der Waals surface area (Å²) in [6, 6.07) is 9.61. The molecule has 17 heavy (non-hydrogen) atoms. The van der Waals surface area contributed by atoms with Crippen LogP contribution in [-0.4, -0.2) is 23.5 Å². The molecule has 2 aromatic rings. The van der Waals surface area contributed by atoms with Crippen molar-refractivity contribution in [1.29, 1.82) is 0 Å². The van der Waals surface area contributed by atoms with Crippen LogP contribution >= 0.6 is 0 Å². The maximum absolute atomic E-state index is 11.9. The number of anilines is 1. The molecule has 1 unspecified atom stereocenters. The number of amides is 1. The maximum Gasteiger partial charge on any atom is 0.228 e. The number of fused-ring (bicyclic) bond motifs is 1. The molecule has 0 bridgehead atoms. The van der Waals surface area contributed by atoms with Gasteiger partial charge < -0.3 is 10.6 Å². The standard InChI is InChI=1S/C13H13N3O/c14-9-7-13(17)16(8-9)12-5-1-4-11-10(12)3-2-6-15-11/h1-6,9H,7-8,14H2. The highest BCUT2D eigenvalue weighted by atomic mass is 16.2. The largest absolute Gasteiger partial charge is 0.326 e. The highest BCUT2D eigenvalue weighted by Gasteiger charge is 2.28. The molecular weight excluding hydrogens is 214 g/mol. The van der Waals surface area contributed by atoms with Crippen molar-refractivity contribution < 1.29 is 4.79 Å². The number of hydrogen-bond donors (Lipinski definition) is 1. The van der Waals surface area contributed by atoms with Crippen LogP contribution in [0.1, 0.15) is 6.42 Å². The molecule has 0 saturated carbocycles. The lowest BCUT2D eigenvalue weighted by Gasteiger charge is -2.18. The third-order valence-electron chi connectivity index (χ3n) is 3.07. The fourth-order valence-corrected chi connectivity index (χ4v) is 2.29. The first-order chi connectivity index (χ1) is 8.25. The van der Waals surface area contributed by atoms with Gasteiger partial charge in [-0.3, -0.25) is 9.78 Å². The van der Waals surface area contributed by atoms with Crippen LogP contribution in [0.2, 0.25) is 0 Å². The molecule has 86 valence electrons. The van der Waals surface area contributed by atoms with Gasteiger partial charge in [-0.05, 0) is 24.3 Å². The summed E-state index contributed by atoms with van der Waals surface area (Å²) < 4.78 is 0. The molecule has 2 N–H and O–H groups in total. The zero-order chi connectivity index (χ0) is 11.8. The number of carbonyl (C=O) groups is 1. The van der Waals surface area contributed by atoms with Crippen LogP contribution in [0.4, 0.5) is 5.69 Å². The van der Waals surface area contributed by atoms with E-state index >= 15 is 0 Å². The van der Waals surface area contributed by atoms with Crippen LogP contribution in [0.3, 0.4) is 0 Å². The monoisotopic (exact) mass is 227 g/mol. The minimum atomic E-state index is -0.0607. The smallest absolute Gasteiger partial charge is 0.228 e. The fourth-order valence-electron chi connectivity index (χ4n) is 2.29. The summed E-state index contributed by atoms with van der Waals surface area (Å²) in [5.41, 5.74) is 7.63. The molecule has 4 heteroatoms. The number of pyridine rings is 1. The normalized spacial score (nSPS) is 20.2. The Morgan fingerprint density at radius 1 is 1.29 bits per heavy atom. The molecule has 1 saturated heterocycles. The Balaban J connectivity index is 2.14. The Hall–Kier alpha value is -1.94. The molecular formula is C13H13N3O. The Labute approximate surface area is 99.0 Å². The zero-order valence-corrected chi connectivity index (χ0v) is 9.34. The first kappa shape index (κ1) is 10.2. The molecule has 1 aliphatic heterocycles. The Bertz CT molecular complexity index is 576. The number of carbonyl (C=O) groups excluding carboxylic acids is 1. The molecule has 1 aromatic carbocycles. The first-order valence-corrected chi connectivity index (χ1v) is 5.65. The summed E-state index contributed by atoms with van der Waals surface area (Å²) in [6.45, 7) is 0.590. The minimum Gasteiger partial charge on any atom is -0.326 e. The lowest BCUT2D eigenvalue weighted by atomic mass is 10.1. The van der Waals surface area contributed by atoms with Crippen molar-refractivity contribution in [3.63, 3.8) is 0 Å². The maximum atomic E-state index is 11.9. The first-order valence-electron chi connectivity index (χ1n) is 5.65. The lowest BCUT2D eigenvalue weighted by Crippen LogP contribution is -2.28. The fraction of sp³-hybridized carbons (Fsp3) is 0.231. The van der Waals surface area contributed by atoms with Gasteiger partial charge in [0.15, 0.2) is 0 Å². The van der Waals surface area contributed by atoms with Gasteiger partial charge in [-0.25, -0.2) is 0 Å². The van der Waals surface area contributed by atoms with Crippen molar-refractivity contribution in [3.05, 3.63) is 36.5 Å². The third-order valence-corrected chi connectivity index (χ3v) is 3.07. The molecule has 0 radical (unpaired) electrons. The summed E-state index contributed by atoms with van der Waals surface area (Å²) in [7, 11) is 0. The molecule has 4 nitrogen and oxygen atoms in total. The highest BCUT2D eigenvalue weighted by Crippen LogP contribution is 2.28. The van der Waals surface area contributed by atoms with Gasteiger partial charge in [0.2, 0.25) is 5.91 Å². The number of rotatable bonds is 1. The summed E-state index contributed by atoms with van der Waals surface area (Å²) in [5, 5.41) is 0.998. The predicted molar refractivity (Wildman–Crippen MR) is 66.7 cm³/mol. The Morgan fingerprint density at radius 2 is 2.18 bits per heavy atom. The Kier molecular flexibility index (Phi) is 2.30. The third kappa shape index (κ3) is 1.66. The van der Waals surface area contributed by atoms with Gasteiger partial charge in [-0.15, -0.1) is 0 Å². The van der Waals surface area contributed by atoms with Gasteiger partial charge in [0.1, 0.15) is 0 Å². The van der Waals surface area contributed by atoms with E-state index in [1.54, 1.807) is 11.1 Å². The van der Waals surface area contributed by atoms with Crippen molar-refractivity contribution in [2.24, 2.45) is 5.73 Å². The van der Waals surface area contributed by atoms with Gasteiger partial charge in [0.25, 0.3) is 0 Å². The van der Waals surface area contributed by atoms with Crippen LogP contribution in [0.5, 0.6) is 0 Å². The van der Waals surface area contributed by atoms with Crippen LogP contribution in [0.25, 0.3) is 10.9 Å². The van der Waals surface area contributed by atoms with E-state index in [-0.39, 0.29) is 11.9 Å². The van der Waals surface area contributed by atoms with Crippen LogP contribution in [0.15, 0.2) is 36.5 Å². The number of benzene rings is 1. The molecule has 0 spiro atoms. The van der Waals surface area contributed by atoms with E-state index in [9.17, 15) is 4.79 Å². The van der Waals surface area contributed by atoms with E-state index in [2.05, 4.69) is 4.98 Å². The van der Waals surface area contributed by atoms with Crippen LogP contribution in [-0.2, 0) is 4.79 Å². The summed E-state index contributed by atoms with van der Waals surface area (Å²) in [5.74, 6) is 0.0915. The molecule has 1 fully saturated rings. The number of nitrogens with zero attached hydrogens (tertiary/aromatic N) is 2. The number of hydrogen-bond acceptors (Lipinski definition) is 3. The summed E-state index contributed by atoms with van der Waals surface area (Å²) in [4.78, 5) is 17.9. The average Bonchev–Trinajstić information content (AvgIpc) is 2.68. The molecule has 1 aromatic heterocycles. The minimum absolute atomic E-state index is 0.0607. The summed E-state index contributed by atoms with van der Waals surface area (Å²) >= 11 is 0. The van der Waals surface area contributed by atoms with Crippen LogP contribution in [0, 0.1) is 0 Å². The van der Waals surface area contributed by atoms with Crippen molar-refractivity contribution in [1.82, 2.24) is 4.98 Å². The number of aromatic nitrogens is 1. The van der Waals surface area contributed by atoms with E-state index in [4.69, 9.17) is 5.73 Å². The highest BCUT2D eigenvalue weighted by molar-refractivity contribution is 6.04. The van der Waals surface area contributed by atoms with Gasteiger partial charge >= 0.3 is 0 Å². The second-order valence-electron chi connectivity index (χ2n) is 4.32. The zero-order valence-electron chi connectivity index (χ0n) is 9.34. The molecule has 3 rings (SSSR count). The summed E-state index contributed by atoms with van der Waals surface area (Å²) in [6.07, 6.45) is 2.18.